The van der Waals surface area contributed by atoms with Crippen molar-refractivity contribution in [3.63, 3.8) is 0 Å². The van der Waals surface area contributed by atoms with E-state index >= 15 is 0 Å². The molecule has 4 rings (SSSR count). The third kappa shape index (κ3) is 3.85. The number of aromatic nitrogens is 2. The van der Waals surface area contributed by atoms with Crippen LogP contribution in [0.5, 0.6) is 5.75 Å². The lowest BCUT2D eigenvalue weighted by Gasteiger charge is -2.22. The second-order valence-electron chi connectivity index (χ2n) is 6.49. The summed E-state index contributed by atoms with van der Waals surface area (Å²) in [7, 11) is 0. The second-order valence-corrected chi connectivity index (χ2v) is 6.49. The first kappa shape index (κ1) is 18.7. The van der Waals surface area contributed by atoms with Gasteiger partial charge in [0.1, 0.15) is 11.3 Å². The molecule has 0 saturated heterocycles. The number of nitrogens with zero attached hydrogens (tertiary/aromatic N) is 2. The van der Waals surface area contributed by atoms with E-state index in [0.29, 0.717) is 22.5 Å². The van der Waals surface area contributed by atoms with Gasteiger partial charge in [-0.1, -0.05) is 24.3 Å². The Bertz CT molecular complexity index is 1130. The molecule has 4 nitrogen and oxygen atoms in total. The average molecular weight is 395 g/mol. The Labute approximate surface area is 164 Å². The first-order chi connectivity index (χ1) is 13.9. The molecule has 0 spiro atoms. The summed E-state index contributed by atoms with van der Waals surface area (Å²) in [4.78, 5) is 8.60. The molecule has 4 aromatic rings. The summed E-state index contributed by atoms with van der Waals surface area (Å²) in [5, 5.41) is 14.8. The molecule has 0 saturated carbocycles. The second kappa shape index (κ2) is 7.43. The van der Waals surface area contributed by atoms with Crippen LogP contribution in [0.15, 0.2) is 79.1 Å². The average Bonchev–Trinajstić information content (AvgIpc) is 2.73. The van der Waals surface area contributed by atoms with Gasteiger partial charge in [-0.2, -0.15) is 13.2 Å². The highest BCUT2D eigenvalue weighted by atomic mass is 19.4. The number of benzene rings is 2. The van der Waals surface area contributed by atoms with Gasteiger partial charge in [0.15, 0.2) is 0 Å². The molecular weight excluding hydrogens is 379 g/mol. The van der Waals surface area contributed by atoms with Gasteiger partial charge in [-0.3, -0.25) is 9.97 Å². The molecule has 1 atom stereocenters. The highest BCUT2D eigenvalue weighted by molar-refractivity contribution is 5.85. The SMILES string of the molecule is Oc1c(C(Nc2ccc(C(F)(F)F)cc2)c2ccccn2)ccc2cccnc12. The number of phenolic OH excluding ortho intramolecular Hbond substituents is 1. The van der Waals surface area contributed by atoms with Gasteiger partial charge in [0.05, 0.1) is 17.3 Å². The molecule has 29 heavy (non-hydrogen) atoms. The fourth-order valence-electron chi connectivity index (χ4n) is 3.16. The van der Waals surface area contributed by atoms with E-state index < -0.39 is 17.8 Å². The van der Waals surface area contributed by atoms with E-state index in [1.807, 2.05) is 12.1 Å². The summed E-state index contributed by atoms with van der Waals surface area (Å²) >= 11 is 0. The van der Waals surface area contributed by atoms with Crippen LogP contribution in [0.25, 0.3) is 10.9 Å². The van der Waals surface area contributed by atoms with Crippen LogP contribution >= 0.6 is 0 Å². The van der Waals surface area contributed by atoms with E-state index in [9.17, 15) is 18.3 Å². The standard InChI is InChI=1S/C22H16F3N3O/c23-22(24,25)15-7-9-16(10-8-15)28-20(18-5-1-2-12-26-18)17-11-6-14-4-3-13-27-19(14)21(17)29/h1-13,20,28-29H. The summed E-state index contributed by atoms with van der Waals surface area (Å²) in [6.07, 6.45) is -1.20. The van der Waals surface area contributed by atoms with Crippen LogP contribution in [0.4, 0.5) is 18.9 Å². The third-order valence-electron chi connectivity index (χ3n) is 4.60. The molecule has 2 aromatic heterocycles. The highest BCUT2D eigenvalue weighted by Gasteiger charge is 2.30. The Morgan fingerprint density at radius 1 is 0.828 bits per heavy atom. The zero-order chi connectivity index (χ0) is 20.4. The maximum Gasteiger partial charge on any atom is 0.416 e. The quantitative estimate of drug-likeness (QED) is 0.475. The molecule has 0 fully saturated rings. The molecule has 0 radical (unpaired) electrons. The van der Waals surface area contributed by atoms with Crippen molar-refractivity contribution in [3.05, 3.63) is 95.9 Å². The minimum atomic E-state index is -4.40. The van der Waals surface area contributed by atoms with Gasteiger partial charge in [0.25, 0.3) is 0 Å². The number of anilines is 1. The number of nitrogens with one attached hydrogen (secondary N) is 1. The van der Waals surface area contributed by atoms with E-state index in [-0.39, 0.29) is 5.75 Å². The van der Waals surface area contributed by atoms with E-state index in [1.165, 1.54) is 12.1 Å². The molecule has 1 unspecified atom stereocenters. The molecule has 2 heterocycles. The fraction of sp³-hybridized carbons (Fsp3) is 0.0909. The summed E-state index contributed by atoms with van der Waals surface area (Å²) in [5.74, 6) is -0.00170. The zero-order valence-corrected chi connectivity index (χ0v) is 15.1. The van der Waals surface area contributed by atoms with Crippen LogP contribution in [0.3, 0.4) is 0 Å². The van der Waals surface area contributed by atoms with E-state index in [0.717, 1.165) is 17.5 Å². The van der Waals surface area contributed by atoms with Crippen molar-refractivity contribution in [2.24, 2.45) is 0 Å². The summed E-state index contributed by atoms with van der Waals surface area (Å²) in [5.41, 5.74) is 1.32. The molecule has 2 aromatic carbocycles. The van der Waals surface area contributed by atoms with Crippen LogP contribution in [-0.4, -0.2) is 15.1 Å². The first-order valence-corrected chi connectivity index (χ1v) is 8.85. The number of aromatic hydroxyl groups is 1. The molecule has 0 aliphatic rings. The topological polar surface area (TPSA) is 58.0 Å². The molecular formula is C22H16F3N3O. The lowest BCUT2D eigenvalue weighted by atomic mass is 9.99. The predicted octanol–water partition coefficient (Wildman–Crippen LogP) is 5.56. The van der Waals surface area contributed by atoms with Crippen LogP contribution in [0.2, 0.25) is 0 Å². The van der Waals surface area contributed by atoms with Crippen molar-refractivity contribution in [2.45, 2.75) is 12.2 Å². The normalized spacial score (nSPS) is 12.7. The molecule has 0 amide bonds. The van der Waals surface area contributed by atoms with E-state index in [1.54, 1.807) is 42.7 Å². The minimum Gasteiger partial charge on any atom is -0.505 e. The summed E-state index contributed by atoms with van der Waals surface area (Å²) in [6.45, 7) is 0. The van der Waals surface area contributed by atoms with Crippen LogP contribution in [0.1, 0.15) is 22.9 Å². The Hall–Kier alpha value is -3.61. The predicted molar refractivity (Wildman–Crippen MR) is 105 cm³/mol. The lowest BCUT2D eigenvalue weighted by molar-refractivity contribution is -0.137. The van der Waals surface area contributed by atoms with Gasteiger partial charge in [-0.15, -0.1) is 0 Å². The monoisotopic (exact) mass is 395 g/mol. The molecule has 0 aliphatic heterocycles. The Balaban J connectivity index is 1.77. The summed E-state index contributed by atoms with van der Waals surface area (Å²) < 4.78 is 38.5. The maximum atomic E-state index is 12.8. The van der Waals surface area contributed by atoms with Gasteiger partial charge in [-0.05, 0) is 42.5 Å². The first-order valence-electron chi connectivity index (χ1n) is 8.85. The largest absolute Gasteiger partial charge is 0.505 e. The Morgan fingerprint density at radius 2 is 1.59 bits per heavy atom. The van der Waals surface area contributed by atoms with Gasteiger partial charge < -0.3 is 10.4 Å². The van der Waals surface area contributed by atoms with Crippen LogP contribution in [0, 0.1) is 0 Å². The van der Waals surface area contributed by atoms with Crippen LogP contribution in [-0.2, 0) is 6.18 Å². The molecule has 2 N–H and O–H groups in total. The van der Waals surface area contributed by atoms with Crippen molar-refractivity contribution in [1.29, 1.82) is 0 Å². The number of hydrogen-bond acceptors (Lipinski definition) is 4. The van der Waals surface area contributed by atoms with E-state index in [4.69, 9.17) is 0 Å². The van der Waals surface area contributed by atoms with Crippen molar-refractivity contribution >= 4 is 16.6 Å². The maximum absolute atomic E-state index is 12.8. The minimum absolute atomic E-state index is 0.00170. The highest BCUT2D eigenvalue weighted by Crippen LogP contribution is 2.36. The molecule has 0 aliphatic carbocycles. The molecule has 146 valence electrons. The van der Waals surface area contributed by atoms with Gasteiger partial charge >= 0.3 is 6.18 Å². The zero-order valence-electron chi connectivity index (χ0n) is 15.1. The van der Waals surface area contributed by atoms with Gasteiger partial charge in [0.2, 0.25) is 0 Å². The smallest absolute Gasteiger partial charge is 0.416 e. The number of alkyl halides is 3. The fourth-order valence-corrected chi connectivity index (χ4v) is 3.16. The van der Waals surface area contributed by atoms with E-state index in [2.05, 4.69) is 15.3 Å². The number of halogens is 3. The number of pyridine rings is 2. The third-order valence-corrected chi connectivity index (χ3v) is 4.60. The van der Waals surface area contributed by atoms with Crippen molar-refractivity contribution in [3.8, 4) is 5.75 Å². The van der Waals surface area contributed by atoms with Crippen molar-refractivity contribution in [1.82, 2.24) is 9.97 Å². The van der Waals surface area contributed by atoms with Gasteiger partial charge in [-0.25, -0.2) is 0 Å². The number of rotatable bonds is 4. The van der Waals surface area contributed by atoms with Gasteiger partial charge in [0, 0.05) is 29.0 Å². The molecule has 0 bridgehead atoms. The Morgan fingerprint density at radius 3 is 2.28 bits per heavy atom. The number of phenols is 1. The Kier molecular flexibility index (Phi) is 4.80. The number of fused-ring (bicyclic) bond motifs is 1. The lowest BCUT2D eigenvalue weighted by Crippen LogP contribution is -2.14. The van der Waals surface area contributed by atoms with Crippen LogP contribution < -0.4 is 5.32 Å². The summed E-state index contributed by atoms with van der Waals surface area (Å²) in [6, 6.07) is 16.7. The molecule has 7 heteroatoms. The van der Waals surface area contributed by atoms with Crippen molar-refractivity contribution in [2.75, 3.05) is 5.32 Å². The number of hydrogen-bond donors (Lipinski definition) is 2. The van der Waals surface area contributed by atoms with Crippen molar-refractivity contribution < 1.29 is 18.3 Å².